The van der Waals surface area contributed by atoms with Crippen LogP contribution in [0.3, 0.4) is 0 Å². The fourth-order valence-electron chi connectivity index (χ4n) is 4.16. The number of benzene rings is 1. The second-order valence-electron chi connectivity index (χ2n) is 7.67. The monoisotopic (exact) mass is 416 g/mol. The zero-order chi connectivity index (χ0) is 20.9. The average molecular weight is 416 g/mol. The predicted molar refractivity (Wildman–Crippen MR) is 107 cm³/mol. The second-order valence-corrected chi connectivity index (χ2v) is 8.72. The Balaban J connectivity index is 1.52. The Morgan fingerprint density at radius 1 is 1.28 bits per heavy atom. The summed E-state index contributed by atoms with van der Waals surface area (Å²) in [6, 6.07) is 3.97. The number of rotatable bonds is 2. The van der Waals surface area contributed by atoms with Gasteiger partial charge in [-0.05, 0) is 37.6 Å². The summed E-state index contributed by atoms with van der Waals surface area (Å²) < 4.78 is 19.5. The Labute approximate surface area is 171 Å². The van der Waals surface area contributed by atoms with E-state index in [1.54, 1.807) is 11.8 Å². The molecule has 1 aromatic heterocycles. The molecule has 1 aromatic carbocycles. The molecule has 0 unspecified atom stereocenters. The third-order valence-electron chi connectivity index (χ3n) is 5.72. The van der Waals surface area contributed by atoms with Gasteiger partial charge >= 0.3 is 0 Å². The molecule has 0 aliphatic carbocycles. The average Bonchev–Trinajstić information content (AvgIpc) is 2.97. The minimum Gasteiger partial charge on any atom is -0.486 e. The quantitative estimate of drug-likeness (QED) is 0.756. The van der Waals surface area contributed by atoms with Crippen molar-refractivity contribution in [2.24, 2.45) is 0 Å². The Bertz CT molecular complexity index is 1040. The minimum atomic E-state index is -0.682. The topological polar surface area (TPSA) is 89.7 Å². The molecule has 1 fully saturated rings. The van der Waals surface area contributed by atoms with E-state index in [1.807, 2.05) is 0 Å². The van der Waals surface area contributed by atoms with Crippen molar-refractivity contribution in [1.29, 1.82) is 0 Å². The zero-order valence-corrected chi connectivity index (χ0v) is 17.0. The third kappa shape index (κ3) is 3.31. The summed E-state index contributed by atoms with van der Waals surface area (Å²) in [5, 5.41) is 0.345. The second kappa shape index (κ2) is 6.95. The van der Waals surface area contributed by atoms with Gasteiger partial charge in [-0.2, -0.15) is 0 Å². The lowest BCUT2D eigenvalue weighted by atomic mass is 9.82. The molecule has 29 heavy (non-hydrogen) atoms. The van der Waals surface area contributed by atoms with E-state index in [0.29, 0.717) is 52.7 Å². The molecule has 2 N–H and O–H groups in total. The molecule has 8 heteroatoms. The van der Waals surface area contributed by atoms with Crippen LogP contribution in [0.2, 0.25) is 0 Å². The van der Waals surface area contributed by atoms with Crippen molar-refractivity contribution in [2.75, 3.05) is 18.8 Å². The normalized spacial score (nSPS) is 17.8. The number of thiophene rings is 1. The lowest BCUT2D eigenvalue weighted by Gasteiger charge is -2.44. The van der Waals surface area contributed by atoms with Crippen molar-refractivity contribution in [1.82, 2.24) is 4.90 Å². The Hall–Kier alpha value is -2.74. The molecule has 0 radical (unpaired) electrons. The number of ketones is 2. The number of hydrogen-bond donors (Lipinski definition) is 1. The van der Waals surface area contributed by atoms with Crippen molar-refractivity contribution < 1.29 is 23.5 Å². The SMILES string of the molecule is CC(=O)c1sc(N)c(C(=O)N2CCC3(CC2)CC(=O)c2cc(F)ccc2O3)c1C. The van der Waals surface area contributed by atoms with Crippen molar-refractivity contribution in [3.8, 4) is 5.75 Å². The lowest BCUT2D eigenvalue weighted by molar-refractivity contribution is -0.00577. The van der Waals surface area contributed by atoms with Crippen LogP contribution in [0.5, 0.6) is 5.75 Å². The number of fused-ring (bicyclic) bond motifs is 1. The van der Waals surface area contributed by atoms with Gasteiger partial charge in [0, 0.05) is 25.9 Å². The molecule has 4 rings (SSSR count). The zero-order valence-electron chi connectivity index (χ0n) is 16.2. The van der Waals surface area contributed by atoms with Crippen molar-refractivity contribution in [3.63, 3.8) is 0 Å². The van der Waals surface area contributed by atoms with Crippen LogP contribution in [-0.4, -0.2) is 41.1 Å². The summed E-state index contributed by atoms with van der Waals surface area (Å²) in [5.74, 6) is -0.532. The maximum atomic E-state index is 13.4. The smallest absolute Gasteiger partial charge is 0.257 e. The standard InChI is InChI=1S/C21H21FN2O4S/c1-11-17(19(23)29-18(11)12(2)25)20(27)24-7-5-21(6-8-24)10-15(26)14-9-13(22)3-4-16(14)28-21/h3-4,9H,5-8,10,23H2,1-2H3. The number of Topliss-reactive ketones (excluding diaryl/α,β-unsaturated/α-hetero) is 2. The maximum Gasteiger partial charge on any atom is 0.257 e. The van der Waals surface area contributed by atoms with Gasteiger partial charge in [0.2, 0.25) is 0 Å². The number of carbonyl (C=O) groups excluding carboxylic acids is 3. The van der Waals surface area contributed by atoms with E-state index >= 15 is 0 Å². The fraction of sp³-hybridized carbons (Fsp3) is 0.381. The van der Waals surface area contributed by atoms with E-state index in [4.69, 9.17) is 10.5 Å². The van der Waals surface area contributed by atoms with E-state index in [1.165, 1.54) is 25.1 Å². The summed E-state index contributed by atoms with van der Waals surface area (Å²) in [4.78, 5) is 39.5. The van der Waals surface area contributed by atoms with E-state index < -0.39 is 11.4 Å². The predicted octanol–water partition coefficient (Wildman–Crippen LogP) is 3.62. The highest BCUT2D eigenvalue weighted by atomic mass is 32.1. The number of carbonyl (C=O) groups is 3. The Kier molecular flexibility index (Phi) is 4.69. The number of nitrogens with zero attached hydrogens (tertiary/aromatic N) is 1. The van der Waals surface area contributed by atoms with Gasteiger partial charge < -0.3 is 15.4 Å². The number of amides is 1. The molecule has 0 saturated carbocycles. The molecular formula is C21H21FN2O4S. The number of hydrogen-bond acceptors (Lipinski definition) is 6. The summed E-state index contributed by atoms with van der Waals surface area (Å²) in [6.45, 7) is 4.01. The third-order valence-corrected chi connectivity index (χ3v) is 6.94. The number of anilines is 1. The molecular weight excluding hydrogens is 395 g/mol. The first-order valence-electron chi connectivity index (χ1n) is 9.41. The number of piperidine rings is 1. The highest BCUT2D eigenvalue weighted by Crippen LogP contribution is 2.40. The Morgan fingerprint density at radius 3 is 2.59 bits per heavy atom. The van der Waals surface area contributed by atoms with Crippen LogP contribution in [0.15, 0.2) is 18.2 Å². The van der Waals surface area contributed by atoms with Gasteiger partial charge in [-0.25, -0.2) is 4.39 Å². The van der Waals surface area contributed by atoms with Gasteiger partial charge in [-0.15, -0.1) is 11.3 Å². The van der Waals surface area contributed by atoms with Crippen LogP contribution in [0.4, 0.5) is 9.39 Å². The number of ether oxygens (including phenoxy) is 1. The summed E-state index contributed by atoms with van der Waals surface area (Å²) in [5.41, 5.74) is 6.62. The maximum absolute atomic E-state index is 13.4. The first-order valence-corrected chi connectivity index (χ1v) is 10.2. The summed E-state index contributed by atoms with van der Waals surface area (Å²) in [7, 11) is 0. The molecule has 0 atom stereocenters. The van der Waals surface area contributed by atoms with Crippen molar-refractivity contribution in [2.45, 2.75) is 38.7 Å². The van der Waals surface area contributed by atoms with Gasteiger partial charge in [-0.1, -0.05) is 0 Å². The molecule has 6 nitrogen and oxygen atoms in total. The fourth-order valence-corrected chi connectivity index (χ4v) is 5.12. The van der Waals surface area contributed by atoms with E-state index in [9.17, 15) is 18.8 Å². The van der Waals surface area contributed by atoms with E-state index in [-0.39, 0.29) is 29.5 Å². The van der Waals surface area contributed by atoms with Crippen LogP contribution in [-0.2, 0) is 0 Å². The highest BCUT2D eigenvalue weighted by Gasteiger charge is 2.44. The molecule has 2 aliphatic heterocycles. The molecule has 1 saturated heterocycles. The number of nitrogen functional groups attached to an aromatic ring is 1. The molecule has 2 aliphatic rings. The minimum absolute atomic E-state index is 0.111. The molecule has 1 amide bonds. The molecule has 152 valence electrons. The van der Waals surface area contributed by atoms with Crippen molar-refractivity contribution in [3.05, 3.63) is 45.6 Å². The first-order chi connectivity index (χ1) is 13.7. The highest BCUT2D eigenvalue weighted by molar-refractivity contribution is 7.18. The number of halogens is 1. The Morgan fingerprint density at radius 2 is 1.97 bits per heavy atom. The van der Waals surface area contributed by atoms with E-state index in [2.05, 4.69) is 0 Å². The van der Waals surface area contributed by atoms with E-state index in [0.717, 1.165) is 11.3 Å². The lowest BCUT2D eigenvalue weighted by Crippen LogP contribution is -2.52. The molecule has 1 spiro atoms. The van der Waals surface area contributed by atoms with Gasteiger partial charge in [0.25, 0.3) is 5.91 Å². The molecule has 0 bridgehead atoms. The van der Waals surface area contributed by atoms with Gasteiger partial charge in [-0.3, -0.25) is 14.4 Å². The van der Waals surface area contributed by atoms with Crippen LogP contribution < -0.4 is 10.5 Å². The largest absolute Gasteiger partial charge is 0.486 e. The van der Waals surface area contributed by atoms with Crippen LogP contribution >= 0.6 is 11.3 Å². The van der Waals surface area contributed by atoms with Gasteiger partial charge in [0.15, 0.2) is 11.6 Å². The van der Waals surface area contributed by atoms with Crippen LogP contribution in [0.25, 0.3) is 0 Å². The molecule has 3 heterocycles. The summed E-state index contributed by atoms with van der Waals surface area (Å²) >= 11 is 1.14. The van der Waals surface area contributed by atoms with Crippen molar-refractivity contribution >= 4 is 33.8 Å². The van der Waals surface area contributed by atoms with Gasteiger partial charge in [0.05, 0.1) is 27.4 Å². The summed E-state index contributed by atoms with van der Waals surface area (Å²) in [6.07, 6.45) is 1.15. The van der Waals surface area contributed by atoms with Crippen LogP contribution in [0.1, 0.15) is 62.1 Å². The molecule has 2 aromatic rings. The van der Waals surface area contributed by atoms with Gasteiger partial charge in [0.1, 0.15) is 17.2 Å². The van der Waals surface area contributed by atoms with Crippen LogP contribution in [0, 0.1) is 12.7 Å². The number of nitrogens with two attached hydrogens (primary N) is 1. The number of likely N-dealkylation sites (tertiary alicyclic amines) is 1. The first kappa shape index (κ1) is 19.6.